The number of unbranched alkanes of at least 4 members (excludes halogenated alkanes) is 1. The maximum absolute atomic E-state index is 11.2. The molecule has 0 aromatic carbocycles. The van der Waals surface area contributed by atoms with Crippen molar-refractivity contribution in [3.05, 3.63) is 11.9 Å². The summed E-state index contributed by atoms with van der Waals surface area (Å²) in [5.74, 6) is -1.25. The van der Waals surface area contributed by atoms with Crippen molar-refractivity contribution in [1.82, 2.24) is 15.0 Å². The van der Waals surface area contributed by atoms with Gasteiger partial charge in [0.1, 0.15) is 5.92 Å². The molecule has 1 unspecified atom stereocenters. The molecule has 1 aromatic heterocycles. The molecule has 0 saturated heterocycles. The van der Waals surface area contributed by atoms with Gasteiger partial charge in [-0.3, -0.25) is 4.79 Å². The molecule has 0 bridgehead atoms. The van der Waals surface area contributed by atoms with Crippen LogP contribution in [0.2, 0.25) is 0 Å². The first-order valence-corrected chi connectivity index (χ1v) is 5.81. The van der Waals surface area contributed by atoms with Crippen molar-refractivity contribution in [2.24, 2.45) is 0 Å². The Bertz CT molecular complexity index is 336. The Hall–Kier alpha value is -1.39. The van der Waals surface area contributed by atoms with Crippen LogP contribution in [0.5, 0.6) is 0 Å². The van der Waals surface area contributed by atoms with E-state index in [1.165, 1.54) is 0 Å². The molecule has 0 fully saturated rings. The Morgan fingerprint density at radius 1 is 1.50 bits per heavy atom. The van der Waals surface area contributed by atoms with Crippen molar-refractivity contribution in [3.8, 4) is 0 Å². The molecule has 1 rings (SSSR count). The molecule has 1 aromatic rings. The molecule has 0 radical (unpaired) electrons. The number of carbonyl (C=O) groups is 1. The maximum Gasteiger partial charge on any atom is 0.312 e. The van der Waals surface area contributed by atoms with E-state index in [0.29, 0.717) is 6.42 Å². The van der Waals surface area contributed by atoms with E-state index in [1.807, 2.05) is 6.92 Å². The summed E-state index contributed by atoms with van der Waals surface area (Å²) >= 11 is 0. The quantitative estimate of drug-likeness (QED) is 0.771. The van der Waals surface area contributed by atoms with Crippen molar-refractivity contribution in [2.45, 2.75) is 52.0 Å². The molecule has 16 heavy (non-hydrogen) atoms. The van der Waals surface area contributed by atoms with Crippen molar-refractivity contribution in [3.63, 3.8) is 0 Å². The number of aryl methyl sites for hydroxylation is 1. The molecular formula is C11H19N3O2. The van der Waals surface area contributed by atoms with Gasteiger partial charge >= 0.3 is 5.97 Å². The first kappa shape index (κ1) is 12.7. The van der Waals surface area contributed by atoms with Crippen LogP contribution in [0.15, 0.2) is 6.20 Å². The maximum atomic E-state index is 11.2. The molecule has 90 valence electrons. The second kappa shape index (κ2) is 6.25. The summed E-state index contributed by atoms with van der Waals surface area (Å²) < 4.78 is 1.70. The predicted octanol–water partition coefficient (Wildman–Crippen LogP) is 2.05. The average molecular weight is 225 g/mol. The van der Waals surface area contributed by atoms with Gasteiger partial charge in [0.25, 0.3) is 0 Å². The topological polar surface area (TPSA) is 68.0 Å². The van der Waals surface area contributed by atoms with E-state index >= 15 is 0 Å². The fourth-order valence-corrected chi connectivity index (χ4v) is 1.73. The van der Waals surface area contributed by atoms with E-state index in [9.17, 15) is 9.90 Å². The zero-order valence-corrected chi connectivity index (χ0v) is 9.89. The van der Waals surface area contributed by atoms with Gasteiger partial charge in [-0.2, -0.15) is 0 Å². The third-order valence-corrected chi connectivity index (χ3v) is 2.58. The van der Waals surface area contributed by atoms with E-state index in [0.717, 1.165) is 31.5 Å². The monoisotopic (exact) mass is 225 g/mol. The number of aliphatic carboxylic acids is 1. The van der Waals surface area contributed by atoms with E-state index in [1.54, 1.807) is 10.9 Å². The van der Waals surface area contributed by atoms with E-state index in [-0.39, 0.29) is 0 Å². The Morgan fingerprint density at radius 3 is 2.81 bits per heavy atom. The van der Waals surface area contributed by atoms with Gasteiger partial charge in [-0.15, -0.1) is 5.10 Å². The van der Waals surface area contributed by atoms with Gasteiger partial charge in [0, 0.05) is 6.54 Å². The molecule has 0 spiro atoms. The van der Waals surface area contributed by atoms with Crippen LogP contribution in [0.4, 0.5) is 0 Å². The van der Waals surface area contributed by atoms with Crippen LogP contribution in [-0.4, -0.2) is 26.1 Å². The highest BCUT2D eigenvalue weighted by Crippen LogP contribution is 2.21. The summed E-state index contributed by atoms with van der Waals surface area (Å²) in [5.41, 5.74) is 0.725. The number of aromatic nitrogens is 3. The fourth-order valence-electron chi connectivity index (χ4n) is 1.73. The van der Waals surface area contributed by atoms with Crippen LogP contribution in [0, 0.1) is 0 Å². The number of rotatable bonds is 7. The normalized spacial score (nSPS) is 12.6. The molecule has 5 heteroatoms. The summed E-state index contributed by atoms with van der Waals surface area (Å²) in [5, 5.41) is 16.9. The van der Waals surface area contributed by atoms with Crippen LogP contribution in [0.1, 0.15) is 51.1 Å². The van der Waals surface area contributed by atoms with Gasteiger partial charge in [0.2, 0.25) is 0 Å². The lowest BCUT2D eigenvalue weighted by molar-refractivity contribution is -0.139. The minimum absolute atomic E-state index is 0.471. The molecule has 0 aliphatic rings. The minimum atomic E-state index is -0.784. The molecule has 0 saturated carbocycles. The largest absolute Gasteiger partial charge is 0.481 e. The molecule has 1 N–H and O–H groups in total. The molecule has 1 atom stereocenters. The fraction of sp³-hybridized carbons (Fsp3) is 0.727. The second-order valence-corrected chi connectivity index (χ2v) is 3.92. The number of carboxylic acids is 1. The highest BCUT2D eigenvalue weighted by Gasteiger charge is 2.23. The van der Waals surface area contributed by atoms with Gasteiger partial charge in [-0.1, -0.05) is 31.9 Å². The van der Waals surface area contributed by atoms with Crippen LogP contribution in [0.3, 0.4) is 0 Å². The van der Waals surface area contributed by atoms with Gasteiger partial charge in [-0.05, 0) is 12.8 Å². The van der Waals surface area contributed by atoms with E-state index in [4.69, 9.17) is 0 Å². The lowest BCUT2D eigenvalue weighted by atomic mass is 9.99. The highest BCUT2D eigenvalue weighted by atomic mass is 16.4. The summed E-state index contributed by atoms with van der Waals surface area (Å²) in [6.07, 6.45) is 5.07. The Labute approximate surface area is 95.5 Å². The number of hydrogen-bond acceptors (Lipinski definition) is 3. The average Bonchev–Trinajstić information content (AvgIpc) is 2.67. The third kappa shape index (κ3) is 3.05. The summed E-state index contributed by atoms with van der Waals surface area (Å²) in [6, 6.07) is 0. The summed E-state index contributed by atoms with van der Waals surface area (Å²) in [4.78, 5) is 11.2. The third-order valence-electron chi connectivity index (χ3n) is 2.58. The predicted molar refractivity (Wildman–Crippen MR) is 60.2 cm³/mol. The van der Waals surface area contributed by atoms with Gasteiger partial charge in [0.05, 0.1) is 11.9 Å². The number of hydrogen-bond donors (Lipinski definition) is 1. The van der Waals surface area contributed by atoms with Crippen molar-refractivity contribution >= 4 is 5.97 Å². The van der Waals surface area contributed by atoms with Crippen molar-refractivity contribution in [2.75, 3.05) is 0 Å². The van der Waals surface area contributed by atoms with E-state index in [2.05, 4.69) is 17.2 Å². The Morgan fingerprint density at radius 2 is 2.25 bits per heavy atom. The van der Waals surface area contributed by atoms with E-state index < -0.39 is 11.9 Å². The lowest BCUT2D eigenvalue weighted by Gasteiger charge is -2.12. The Kier molecular flexibility index (Phi) is 4.95. The molecule has 0 aliphatic carbocycles. The zero-order chi connectivity index (χ0) is 12.0. The second-order valence-electron chi connectivity index (χ2n) is 3.92. The van der Waals surface area contributed by atoms with Crippen LogP contribution < -0.4 is 0 Å². The summed E-state index contributed by atoms with van der Waals surface area (Å²) in [7, 11) is 0. The van der Waals surface area contributed by atoms with Gasteiger partial charge in [0.15, 0.2) is 0 Å². The standard InChI is InChI=1S/C11H19N3O2/c1-3-5-6-9(11(15)16)10-8-12-13-14(10)7-4-2/h8-9H,3-7H2,1-2H3,(H,15,16). The number of nitrogens with zero attached hydrogens (tertiary/aromatic N) is 3. The Balaban J connectivity index is 2.83. The van der Waals surface area contributed by atoms with Gasteiger partial charge < -0.3 is 5.11 Å². The van der Waals surface area contributed by atoms with Crippen molar-refractivity contribution in [1.29, 1.82) is 0 Å². The number of carboxylic acid groups (broad SMARTS) is 1. The first-order chi connectivity index (χ1) is 7.70. The molecule has 0 amide bonds. The van der Waals surface area contributed by atoms with Gasteiger partial charge in [-0.25, -0.2) is 4.68 Å². The smallest absolute Gasteiger partial charge is 0.312 e. The minimum Gasteiger partial charge on any atom is -0.481 e. The van der Waals surface area contributed by atoms with Crippen LogP contribution in [-0.2, 0) is 11.3 Å². The molecular weight excluding hydrogens is 206 g/mol. The molecule has 0 aliphatic heterocycles. The SMILES string of the molecule is CCCCC(C(=O)O)c1cnnn1CCC. The highest BCUT2D eigenvalue weighted by molar-refractivity contribution is 5.75. The zero-order valence-electron chi connectivity index (χ0n) is 9.89. The van der Waals surface area contributed by atoms with Crippen molar-refractivity contribution < 1.29 is 9.90 Å². The van der Waals surface area contributed by atoms with Crippen LogP contribution >= 0.6 is 0 Å². The summed E-state index contributed by atoms with van der Waals surface area (Å²) in [6.45, 7) is 4.82. The van der Waals surface area contributed by atoms with Crippen LogP contribution in [0.25, 0.3) is 0 Å². The molecule has 5 nitrogen and oxygen atoms in total. The molecule has 1 heterocycles. The lowest BCUT2D eigenvalue weighted by Crippen LogP contribution is -2.17. The first-order valence-electron chi connectivity index (χ1n) is 5.81.